The summed E-state index contributed by atoms with van der Waals surface area (Å²) in [5.74, 6) is 0.133. The van der Waals surface area contributed by atoms with Crippen LogP contribution < -0.4 is 16.4 Å². The van der Waals surface area contributed by atoms with Crippen molar-refractivity contribution in [2.45, 2.75) is 25.9 Å². The van der Waals surface area contributed by atoms with E-state index in [2.05, 4.69) is 35.8 Å². The summed E-state index contributed by atoms with van der Waals surface area (Å²) in [7, 11) is 0. The number of aliphatic hydroxyl groups is 1. The van der Waals surface area contributed by atoms with Gasteiger partial charge >= 0.3 is 6.18 Å². The number of halogens is 4. The van der Waals surface area contributed by atoms with Gasteiger partial charge in [-0.2, -0.15) is 18.3 Å². The molecule has 224 valence electrons. The number of amides is 1. The Bertz CT molecular complexity index is 1650. The highest BCUT2D eigenvalue weighted by Gasteiger charge is 2.31. The van der Waals surface area contributed by atoms with Crippen LogP contribution in [0.2, 0.25) is 0 Å². The Morgan fingerprint density at radius 3 is 2.65 bits per heavy atom. The van der Waals surface area contributed by atoms with E-state index in [0.29, 0.717) is 46.4 Å². The fraction of sp³-hybridized carbons (Fsp3) is 0.207. The summed E-state index contributed by atoms with van der Waals surface area (Å²) in [4.78, 5) is 25.4. The molecule has 4 aromatic rings. The first-order chi connectivity index (χ1) is 20.5. The van der Waals surface area contributed by atoms with Gasteiger partial charge < -0.3 is 21.5 Å². The van der Waals surface area contributed by atoms with E-state index < -0.39 is 23.5 Å². The van der Waals surface area contributed by atoms with E-state index >= 15 is 0 Å². The third-order valence-electron chi connectivity index (χ3n) is 6.08. The largest absolute Gasteiger partial charge is 0.416 e. The molecule has 0 radical (unpaired) electrons. The number of anilines is 3. The van der Waals surface area contributed by atoms with Gasteiger partial charge in [0.15, 0.2) is 5.82 Å². The zero-order valence-corrected chi connectivity index (χ0v) is 22.9. The van der Waals surface area contributed by atoms with Crippen LogP contribution >= 0.6 is 0 Å². The van der Waals surface area contributed by atoms with Gasteiger partial charge in [0.05, 0.1) is 24.4 Å². The highest BCUT2D eigenvalue weighted by molar-refractivity contribution is 6.09. The average Bonchev–Trinajstić information content (AvgIpc) is 3.42. The minimum Gasteiger partial charge on any atom is -0.404 e. The van der Waals surface area contributed by atoms with Crippen molar-refractivity contribution >= 4 is 35.0 Å². The van der Waals surface area contributed by atoms with Crippen molar-refractivity contribution in [3.8, 4) is 0 Å². The molecule has 6 N–H and O–H groups in total. The first-order valence-corrected chi connectivity index (χ1v) is 13.0. The molecule has 0 bridgehead atoms. The monoisotopic (exact) mass is 596 g/mol. The summed E-state index contributed by atoms with van der Waals surface area (Å²) in [6.45, 7) is 1.85. The summed E-state index contributed by atoms with van der Waals surface area (Å²) >= 11 is 0. The van der Waals surface area contributed by atoms with E-state index in [4.69, 9.17) is 10.8 Å². The van der Waals surface area contributed by atoms with Crippen LogP contribution in [-0.4, -0.2) is 50.5 Å². The van der Waals surface area contributed by atoms with Crippen molar-refractivity contribution in [3.63, 3.8) is 0 Å². The molecule has 2 heterocycles. The van der Waals surface area contributed by atoms with Gasteiger partial charge in [-0.15, -0.1) is 0 Å². The zero-order valence-electron chi connectivity index (χ0n) is 22.9. The second-order valence-electron chi connectivity index (χ2n) is 9.31. The molecular formula is C29H28F4N8O2. The number of aromatic nitrogens is 4. The maximum absolute atomic E-state index is 14.6. The van der Waals surface area contributed by atoms with Crippen LogP contribution in [0.1, 0.15) is 38.7 Å². The molecule has 0 spiro atoms. The molecule has 2 aromatic heterocycles. The van der Waals surface area contributed by atoms with Crippen LogP contribution in [0, 0.1) is 12.7 Å². The van der Waals surface area contributed by atoms with Crippen LogP contribution in [0.4, 0.5) is 34.9 Å². The van der Waals surface area contributed by atoms with E-state index in [1.807, 2.05) is 0 Å². The number of aliphatic hydroxyl groups excluding tert-OH is 1. The second kappa shape index (κ2) is 13.7. The second-order valence-corrected chi connectivity index (χ2v) is 9.31. The predicted octanol–water partition coefficient (Wildman–Crippen LogP) is 4.81. The number of nitrogens with zero attached hydrogens (tertiary/aromatic N) is 4. The number of carbonyl (C=O) groups is 1. The Morgan fingerprint density at radius 1 is 1.09 bits per heavy atom. The Kier molecular flexibility index (Phi) is 9.83. The van der Waals surface area contributed by atoms with Gasteiger partial charge in [-0.1, -0.05) is 6.07 Å². The lowest BCUT2D eigenvalue weighted by Crippen LogP contribution is -2.14. The number of allylic oxidation sites excluding steroid dienone is 1. The number of alkyl halides is 3. The number of aliphatic imine (C=N–C) groups is 1. The predicted molar refractivity (Wildman–Crippen MR) is 154 cm³/mol. The Morgan fingerprint density at radius 2 is 1.91 bits per heavy atom. The number of hydrogen-bond donors (Lipinski definition) is 5. The van der Waals surface area contributed by atoms with Crippen molar-refractivity contribution < 1.29 is 27.5 Å². The summed E-state index contributed by atoms with van der Waals surface area (Å²) in [6, 6.07) is 11.4. The molecule has 4 rings (SSSR count). The van der Waals surface area contributed by atoms with E-state index in [1.165, 1.54) is 36.7 Å². The number of carbonyl (C=O) groups excluding carboxylic acids is 1. The van der Waals surface area contributed by atoms with Gasteiger partial charge in [0, 0.05) is 47.1 Å². The van der Waals surface area contributed by atoms with Crippen molar-refractivity contribution in [1.82, 2.24) is 20.2 Å². The van der Waals surface area contributed by atoms with E-state index in [0.717, 1.165) is 18.2 Å². The molecule has 14 heteroatoms. The topological polar surface area (TPSA) is 154 Å². The molecule has 0 saturated heterocycles. The minimum atomic E-state index is -4.58. The molecule has 2 aromatic carbocycles. The quantitative estimate of drug-likeness (QED) is 0.123. The summed E-state index contributed by atoms with van der Waals surface area (Å²) in [6.07, 6.45) is -1.11. The number of nitrogens with one attached hydrogen (secondary N) is 3. The number of hydrogen-bond acceptors (Lipinski definition) is 8. The van der Waals surface area contributed by atoms with Gasteiger partial charge in [0.25, 0.3) is 5.91 Å². The van der Waals surface area contributed by atoms with Crippen molar-refractivity contribution in [3.05, 3.63) is 101 Å². The van der Waals surface area contributed by atoms with E-state index in [-0.39, 0.29) is 30.8 Å². The maximum Gasteiger partial charge on any atom is 0.416 e. The molecule has 10 nitrogen and oxygen atoms in total. The van der Waals surface area contributed by atoms with Crippen molar-refractivity contribution in [1.29, 1.82) is 0 Å². The molecule has 0 unspecified atom stereocenters. The van der Waals surface area contributed by atoms with Gasteiger partial charge in [0.2, 0.25) is 0 Å². The summed E-state index contributed by atoms with van der Waals surface area (Å²) in [5, 5.41) is 21.6. The maximum atomic E-state index is 14.6. The normalized spacial score (nSPS) is 12.1. The minimum absolute atomic E-state index is 0.0939. The molecule has 0 fully saturated rings. The third-order valence-corrected chi connectivity index (χ3v) is 6.08. The van der Waals surface area contributed by atoms with Crippen molar-refractivity contribution in [2.75, 3.05) is 23.8 Å². The molecule has 0 saturated carbocycles. The van der Waals surface area contributed by atoms with Gasteiger partial charge in [-0.3, -0.25) is 14.9 Å². The molecule has 0 aliphatic rings. The van der Waals surface area contributed by atoms with Crippen LogP contribution in [0.3, 0.4) is 0 Å². The Hall–Kier alpha value is -5.11. The van der Waals surface area contributed by atoms with E-state index in [9.17, 15) is 22.4 Å². The molecular weight excluding hydrogens is 568 g/mol. The Labute approximate surface area is 243 Å². The number of rotatable bonds is 11. The summed E-state index contributed by atoms with van der Waals surface area (Å²) < 4.78 is 53.6. The van der Waals surface area contributed by atoms with Crippen LogP contribution in [0.15, 0.2) is 65.8 Å². The zero-order chi connectivity index (χ0) is 31.0. The number of H-pyrrole nitrogens is 1. The highest BCUT2D eigenvalue weighted by Crippen LogP contribution is 2.30. The summed E-state index contributed by atoms with van der Waals surface area (Å²) in [5.41, 5.74) is 6.89. The van der Waals surface area contributed by atoms with E-state index in [1.54, 1.807) is 19.1 Å². The first-order valence-electron chi connectivity index (χ1n) is 13.0. The highest BCUT2D eigenvalue weighted by atomic mass is 19.4. The molecule has 43 heavy (non-hydrogen) atoms. The lowest BCUT2D eigenvalue weighted by molar-refractivity contribution is -0.137. The Balaban J connectivity index is 1.40. The first kappa shape index (κ1) is 30.8. The fourth-order valence-electron chi connectivity index (χ4n) is 4.03. The smallest absolute Gasteiger partial charge is 0.404 e. The van der Waals surface area contributed by atoms with Gasteiger partial charge in [-0.05, 0) is 61.7 Å². The van der Waals surface area contributed by atoms with Gasteiger partial charge in [0.1, 0.15) is 17.5 Å². The third kappa shape index (κ3) is 8.45. The number of nitrogens with two attached hydrogens (primary N) is 1. The average molecular weight is 597 g/mol. The molecule has 1 amide bonds. The van der Waals surface area contributed by atoms with Crippen LogP contribution in [0.25, 0.3) is 5.57 Å². The van der Waals surface area contributed by atoms with Crippen LogP contribution in [0.5, 0.6) is 0 Å². The number of aromatic amines is 1. The lowest BCUT2D eigenvalue weighted by Gasteiger charge is -2.11. The van der Waals surface area contributed by atoms with Crippen LogP contribution in [-0.2, 0) is 19.0 Å². The van der Waals surface area contributed by atoms with Gasteiger partial charge in [-0.25, -0.2) is 14.4 Å². The van der Waals surface area contributed by atoms with Crippen molar-refractivity contribution in [2.24, 2.45) is 10.7 Å². The standard InChI is InChI=1S/C29H28F4N8O2/c1-17-36-25(20(15-34)16-35-9-10-42)14-26(37-17)39-27-13-23(40-41-27)6-5-18-12-22(7-8-24(18)30)38-28(43)19-3-2-4-21(11-19)29(31,32)33/h2-4,7-8,11-16,42H,5-6,9-10,34H2,1H3,(H,38,43)(H2,36,37,39,40,41). The SMILES string of the molecule is Cc1nc(Nc2cc(CCc3cc(NC(=O)c4cccc(C(F)(F)F)c4)ccc3F)[nH]n2)cc(C(C=NCCO)=CN)n1. The fourth-order valence-corrected chi connectivity index (χ4v) is 4.03. The number of aryl methyl sites for hydroxylation is 3. The molecule has 0 atom stereocenters. The lowest BCUT2D eigenvalue weighted by atomic mass is 10.1. The molecule has 0 aliphatic carbocycles. The number of benzene rings is 2. The molecule has 0 aliphatic heterocycles.